The first-order valence-electron chi connectivity index (χ1n) is 6.46. The third-order valence-electron chi connectivity index (χ3n) is 2.47. The van der Waals surface area contributed by atoms with Gasteiger partial charge in [0.15, 0.2) is 5.75 Å². The van der Waals surface area contributed by atoms with Crippen molar-refractivity contribution in [1.82, 2.24) is 15.6 Å². The van der Waals surface area contributed by atoms with Gasteiger partial charge in [-0.2, -0.15) is 0 Å². The smallest absolute Gasteiger partial charge is 0.414 e. The number of hydrogen-bond acceptors (Lipinski definition) is 7. The Balaban J connectivity index is 2.74. The van der Waals surface area contributed by atoms with E-state index in [4.69, 9.17) is 19.3 Å². The molecule has 126 valence electrons. The molecule has 3 N–H and O–H groups in total. The topological polar surface area (TPSA) is 136 Å². The van der Waals surface area contributed by atoms with E-state index < -0.39 is 24.5 Å². The Labute approximate surface area is 131 Å². The van der Waals surface area contributed by atoms with Gasteiger partial charge in [0.1, 0.15) is 6.54 Å². The molecule has 0 aliphatic heterocycles. The van der Waals surface area contributed by atoms with Crippen LogP contribution in [-0.4, -0.2) is 62.0 Å². The van der Waals surface area contributed by atoms with E-state index in [0.717, 1.165) is 0 Å². The molecule has 0 bridgehead atoms. The molecule has 10 heteroatoms. The van der Waals surface area contributed by atoms with Crippen molar-refractivity contribution in [2.75, 3.05) is 33.9 Å². The number of aromatic nitrogens is 1. The van der Waals surface area contributed by atoms with Gasteiger partial charge in [0.25, 0.3) is 11.8 Å². The number of pyridine rings is 1. The molecule has 1 heterocycles. The molecular weight excluding hydrogens is 310 g/mol. The highest BCUT2D eigenvalue weighted by molar-refractivity contribution is 5.94. The van der Waals surface area contributed by atoms with E-state index in [2.05, 4.69) is 10.3 Å². The van der Waals surface area contributed by atoms with E-state index in [1.54, 1.807) is 0 Å². The number of nitrogens with zero attached hydrogens (tertiary/aromatic N) is 1. The number of ether oxygens (including phenoxy) is 3. The third kappa shape index (κ3) is 6.18. The summed E-state index contributed by atoms with van der Waals surface area (Å²) in [7, 11) is 2.82. The van der Waals surface area contributed by atoms with Gasteiger partial charge in [-0.1, -0.05) is 0 Å². The number of aliphatic carboxylic acids is 1. The standard InChI is InChI=1S/C13H17N3O7/c1-21-4-3-14-11(19)8-5-9(22-2)12(15-6-8)23-13(20)16-7-10(17)18/h5-6H,3-4,7H2,1-2H3,(H,14,19)(H,16,20)(H,17,18). The largest absolute Gasteiger partial charge is 0.491 e. The molecule has 0 atom stereocenters. The van der Waals surface area contributed by atoms with Gasteiger partial charge < -0.3 is 30.0 Å². The van der Waals surface area contributed by atoms with Crippen LogP contribution in [0.2, 0.25) is 0 Å². The predicted octanol–water partition coefficient (Wildman–Crippen LogP) is -0.361. The number of hydrogen-bond donors (Lipinski definition) is 3. The molecule has 10 nitrogen and oxygen atoms in total. The second kappa shape index (κ2) is 9.20. The second-order valence-electron chi connectivity index (χ2n) is 4.12. The van der Waals surface area contributed by atoms with Crippen LogP contribution in [0.3, 0.4) is 0 Å². The fraction of sp³-hybridized carbons (Fsp3) is 0.385. The van der Waals surface area contributed by atoms with E-state index in [1.165, 1.54) is 26.5 Å². The van der Waals surface area contributed by atoms with Gasteiger partial charge in [0, 0.05) is 25.9 Å². The Hall–Kier alpha value is -2.88. The minimum Gasteiger partial charge on any atom is -0.491 e. The maximum Gasteiger partial charge on any atom is 0.414 e. The first-order valence-corrected chi connectivity index (χ1v) is 6.46. The molecule has 1 aromatic rings. The monoisotopic (exact) mass is 327 g/mol. The van der Waals surface area contributed by atoms with Crippen molar-refractivity contribution in [1.29, 1.82) is 0 Å². The first kappa shape index (κ1) is 18.2. The molecule has 0 spiro atoms. The maximum atomic E-state index is 11.9. The SMILES string of the molecule is COCCNC(=O)c1cnc(OC(=O)NCC(=O)O)c(OC)c1. The molecular formula is C13H17N3O7. The van der Waals surface area contributed by atoms with Crippen LogP contribution in [0.4, 0.5) is 4.79 Å². The Bertz CT molecular complexity index is 577. The second-order valence-corrected chi connectivity index (χ2v) is 4.12. The van der Waals surface area contributed by atoms with Crippen LogP contribution in [0.15, 0.2) is 12.3 Å². The summed E-state index contributed by atoms with van der Waals surface area (Å²) in [4.78, 5) is 37.4. The van der Waals surface area contributed by atoms with Crippen molar-refractivity contribution in [3.8, 4) is 11.6 Å². The molecule has 0 saturated heterocycles. The van der Waals surface area contributed by atoms with Crippen LogP contribution in [0, 0.1) is 0 Å². The molecule has 23 heavy (non-hydrogen) atoms. The Morgan fingerprint density at radius 1 is 1.26 bits per heavy atom. The lowest BCUT2D eigenvalue weighted by Crippen LogP contribution is -2.32. The molecule has 0 aromatic carbocycles. The predicted molar refractivity (Wildman–Crippen MR) is 76.7 cm³/mol. The summed E-state index contributed by atoms with van der Waals surface area (Å²) in [6.07, 6.45) is 0.195. The van der Waals surface area contributed by atoms with Gasteiger partial charge >= 0.3 is 12.1 Å². The van der Waals surface area contributed by atoms with Gasteiger partial charge in [0.05, 0.1) is 19.3 Å². The van der Waals surface area contributed by atoms with E-state index in [9.17, 15) is 14.4 Å². The maximum absolute atomic E-state index is 11.9. The average Bonchev–Trinajstić information content (AvgIpc) is 2.53. The number of carbonyl (C=O) groups excluding carboxylic acids is 2. The zero-order valence-electron chi connectivity index (χ0n) is 12.6. The van der Waals surface area contributed by atoms with Crippen LogP contribution in [0.25, 0.3) is 0 Å². The minimum atomic E-state index is -1.22. The summed E-state index contributed by atoms with van der Waals surface area (Å²) in [6, 6.07) is 1.34. The van der Waals surface area contributed by atoms with Gasteiger partial charge in [-0.15, -0.1) is 0 Å². The molecule has 0 fully saturated rings. The molecule has 1 aromatic heterocycles. The number of carboxylic acids is 1. The summed E-state index contributed by atoms with van der Waals surface area (Å²) >= 11 is 0. The number of nitrogens with one attached hydrogen (secondary N) is 2. The van der Waals surface area contributed by atoms with Gasteiger partial charge in [-0.3, -0.25) is 9.59 Å². The van der Waals surface area contributed by atoms with E-state index in [1.807, 2.05) is 5.32 Å². The van der Waals surface area contributed by atoms with Crippen molar-refractivity contribution in [3.05, 3.63) is 17.8 Å². The van der Waals surface area contributed by atoms with Crippen molar-refractivity contribution in [2.24, 2.45) is 0 Å². The fourth-order valence-corrected chi connectivity index (χ4v) is 1.42. The zero-order chi connectivity index (χ0) is 17.2. The Morgan fingerprint density at radius 2 is 2.00 bits per heavy atom. The summed E-state index contributed by atoms with van der Waals surface area (Å²) in [5.74, 6) is -1.75. The molecule has 2 amide bonds. The highest BCUT2D eigenvalue weighted by Crippen LogP contribution is 2.25. The quantitative estimate of drug-likeness (QED) is 0.551. The summed E-state index contributed by atoms with van der Waals surface area (Å²) < 4.78 is 14.6. The molecule has 0 unspecified atom stereocenters. The van der Waals surface area contributed by atoms with E-state index in [0.29, 0.717) is 13.2 Å². The lowest BCUT2D eigenvalue weighted by atomic mass is 10.2. The van der Waals surface area contributed by atoms with Crippen molar-refractivity contribution in [2.45, 2.75) is 0 Å². The number of methoxy groups -OCH3 is 2. The Kier molecular flexibility index (Phi) is 7.27. The average molecular weight is 327 g/mol. The number of rotatable bonds is 8. The van der Waals surface area contributed by atoms with Crippen LogP contribution >= 0.6 is 0 Å². The fourth-order valence-electron chi connectivity index (χ4n) is 1.42. The highest BCUT2D eigenvalue weighted by Gasteiger charge is 2.15. The highest BCUT2D eigenvalue weighted by atomic mass is 16.6. The van der Waals surface area contributed by atoms with Crippen LogP contribution in [0.1, 0.15) is 10.4 Å². The molecule has 0 radical (unpaired) electrons. The van der Waals surface area contributed by atoms with Crippen molar-refractivity contribution < 1.29 is 33.7 Å². The van der Waals surface area contributed by atoms with Gasteiger partial charge in [0.2, 0.25) is 0 Å². The summed E-state index contributed by atoms with van der Waals surface area (Å²) in [5.41, 5.74) is 0.205. The number of amides is 2. The normalized spacial score (nSPS) is 9.83. The van der Waals surface area contributed by atoms with Crippen LogP contribution in [0.5, 0.6) is 11.6 Å². The summed E-state index contributed by atoms with van der Waals surface area (Å²) in [6.45, 7) is 0.0931. The van der Waals surface area contributed by atoms with Crippen LogP contribution in [-0.2, 0) is 9.53 Å². The lowest BCUT2D eigenvalue weighted by molar-refractivity contribution is -0.135. The molecule has 0 saturated carbocycles. The lowest BCUT2D eigenvalue weighted by Gasteiger charge is -2.10. The van der Waals surface area contributed by atoms with Crippen molar-refractivity contribution in [3.63, 3.8) is 0 Å². The van der Waals surface area contributed by atoms with Gasteiger partial charge in [-0.05, 0) is 0 Å². The zero-order valence-corrected chi connectivity index (χ0v) is 12.6. The number of carboxylic acid groups (broad SMARTS) is 1. The minimum absolute atomic E-state index is 0.0508. The molecule has 0 aliphatic rings. The van der Waals surface area contributed by atoms with E-state index in [-0.39, 0.29) is 17.2 Å². The summed E-state index contributed by atoms with van der Waals surface area (Å²) in [5, 5.41) is 13.1. The van der Waals surface area contributed by atoms with E-state index >= 15 is 0 Å². The number of carbonyl (C=O) groups is 3. The van der Waals surface area contributed by atoms with Crippen molar-refractivity contribution >= 4 is 18.0 Å². The molecule has 0 aliphatic carbocycles. The van der Waals surface area contributed by atoms with Crippen LogP contribution < -0.4 is 20.1 Å². The van der Waals surface area contributed by atoms with Gasteiger partial charge in [-0.25, -0.2) is 9.78 Å². The first-order chi connectivity index (χ1) is 11.0. The third-order valence-corrected chi connectivity index (χ3v) is 2.47. The Morgan fingerprint density at radius 3 is 2.61 bits per heavy atom. The molecule has 1 rings (SSSR count).